The Hall–Kier alpha value is -1.59. The van der Waals surface area contributed by atoms with E-state index in [-0.39, 0.29) is 36.4 Å². The van der Waals surface area contributed by atoms with E-state index in [0.717, 1.165) is 4.90 Å². The fourth-order valence-corrected chi connectivity index (χ4v) is 4.87. The van der Waals surface area contributed by atoms with Crippen molar-refractivity contribution in [3.05, 3.63) is 23.3 Å². The number of benzene rings is 1. The van der Waals surface area contributed by atoms with Crippen molar-refractivity contribution in [2.24, 2.45) is 0 Å². The van der Waals surface area contributed by atoms with Gasteiger partial charge in [-0.3, -0.25) is 4.79 Å². The van der Waals surface area contributed by atoms with E-state index in [1.807, 2.05) is 0 Å². The van der Waals surface area contributed by atoms with E-state index in [2.05, 4.69) is 0 Å². The number of likely N-dealkylation sites (tertiary alicyclic amines) is 1. The van der Waals surface area contributed by atoms with Crippen molar-refractivity contribution in [2.75, 3.05) is 20.6 Å². The molecule has 0 radical (unpaired) electrons. The van der Waals surface area contributed by atoms with E-state index in [1.165, 1.54) is 12.1 Å². The van der Waals surface area contributed by atoms with Crippen LogP contribution in [0.4, 0.5) is 0 Å². The third-order valence-corrected chi connectivity index (χ3v) is 5.87. The van der Waals surface area contributed by atoms with Gasteiger partial charge in [-0.1, -0.05) is 6.07 Å². The lowest BCUT2D eigenvalue weighted by molar-refractivity contribution is -0.185. The predicted octanol–water partition coefficient (Wildman–Crippen LogP) is 1.05. The molecule has 5 rings (SSSR count). The van der Waals surface area contributed by atoms with Gasteiger partial charge in [-0.2, -0.15) is 0 Å². The maximum Gasteiger partial charge on any atom is 0.174 e. The van der Waals surface area contributed by atoms with Crippen LogP contribution in [0, 0.1) is 0 Å². The lowest BCUT2D eigenvalue weighted by Gasteiger charge is -2.62. The minimum atomic E-state index is -2.86. The molecule has 1 saturated heterocycles. The van der Waals surface area contributed by atoms with Crippen molar-refractivity contribution in [2.45, 2.75) is 48.8 Å². The first kappa shape index (κ1) is 7.53. The SMILES string of the molecule is [2H]C([2H])([2H])Oc1ccc2c3c1OC1([2H])C(=O)C([2H])([2H])C[C@@]4(O)[C@@H](C2)N(C([2H])([2H])[2H])CC[C@]314. The summed E-state index contributed by atoms with van der Waals surface area (Å²) in [6.45, 7) is -2.68. The quantitative estimate of drug-likeness (QED) is 0.837. The molecule has 2 aliphatic carbocycles. The smallest absolute Gasteiger partial charge is 0.174 e. The van der Waals surface area contributed by atoms with Crippen molar-refractivity contribution in [3.63, 3.8) is 0 Å². The molecule has 2 fully saturated rings. The van der Waals surface area contributed by atoms with Gasteiger partial charge in [0.15, 0.2) is 23.4 Å². The number of ether oxygens (including phenoxy) is 2. The molecule has 0 amide bonds. The van der Waals surface area contributed by atoms with Gasteiger partial charge in [0.1, 0.15) is 0 Å². The molecule has 2 heterocycles. The van der Waals surface area contributed by atoms with E-state index >= 15 is 0 Å². The van der Waals surface area contributed by atoms with Crippen molar-refractivity contribution >= 4 is 5.78 Å². The maximum absolute atomic E-state index is 13.2. The number of hydrogen-bond acceptors (Lipinski definition) is 5. The van der Waals surface area contributed by atoms with Crippen LogP contribution < -0.4 is 9.47 Å². The summed E-state index contributed by atoms with van der Waals surface area (Å²) < 4.78 is 82.5. The second-order valence-corrected chi connectivity index (χ2v) is 6.64. The second-order valence-electron chi connectivity index (χ2n) is 6.64. The normalized spacial score (nSPS) is 52.8. The average Bonchev–Trinajstić information content (AvgIpc) is 2.87. The first-order chi connectivity index (χ1) is 14.5. The second kappa shape index (κ2) is 4.08. The predicted molar refractivity (Wildman–Crippen MR) is 83.0 cm³/mol. The first-order valence-electron chi connectivity index (χ1n) is 12.1. The molecule has 1 aromatic carbocycles. The summed E-state index contributed by atoms with van der Waals surface area (Å²) >= 11 is 0. The van der Waals surface area contributed by atoms with Gasteiger partial charge in [0.05, 0.1) is 23.5 Å². The molecule has 1 unspecified atom stereocenters. The molecular formula is C18H21NO4. The Labute approximate surface area is 147 Å². The fourth-order valence-electron chi connectivity index (χ4n) is 4.87. The van der Waals surface area contributed by atoms with Crippen LogP contribution in [-0.2, 0) is 16.6 Å². The molecule has 1 N–H and O–H groups in total. The van der Waals surface area contributed by atoms with Crippen molar-refractivity contribution in [1.29, 1.82) is 0 Å². The van der Waals surface area contributed by atoms with Crippen LogP contribution in [0.2, 0.25) is 0 Å². The van der Waals surface area contributed by atoms with Crippen LogP contribution in [0.15, 0.2) is 12.1 Å². The highest BCUT2D eigenvalue weighted by molar-refractivity contribution is 5.90. The Morgan fingerprint density at radius 3 is 3.30 bits per heavy atom. The van der Waals surface area contributed by atoms with Crippen molar-refractivity contribution in [1.82, 2.24) is 4.90 Å². The van der Waals surface area contributed by atoms with Crippen LogP contribution in [-0.4, -0.2) is 54.1 Å². The highest BCUT2D eigenvalue weighted by Gasteiger charge is 2.72. The van der Waals surface area contributed by atoms with Gasteiger partial charge in [0.2, 0.25) is 0 Å². The van der Waals surface area contributed by atoms with E-state index in [1.54, 1.807) is 0 Å². The van der Waals surface area contributed by atoms with Gasteiger partial charge >= 0.3 is 0 Å². The summed E-state index contributed by atoms with van der Waals surface area (Å²) in [6, 6.07) is 1.74. The molecule has 4 aliphatic rings. The van der Waals surface area contributed by atoms with Crippen LogP contribution in [0.25, 0.3) is 0 Å². The summed E-state index contributed by atoms with van der Waals surface area (Å²) in [6.07, 6.45) is -6.16. The first-order valence-corrected chi connectivity index (χ1v) is 7.56. The van der Waals surface area contributed by atoms with Crippen molar-refractivity contribution in [3.8, 4) is 11.5 Å². The molecule has 0 aromatic heterocycles. The van der Waals surface area contributed by atoms with Gasteiger partial charge in [-0.05, 0) is 44.4 Å². The molecule has 1 aromatic rings. The Kier molecular flexibility index (Phi) is 1.34. The maximum atomic E-state index is 13.2. The molecule has 1 saturated carbocycles. The van der Waals surface area contributed by atoms with E-state index in [0.29, 0.717) is 5.56 Å². The lowest BCUT2D eigenvalue weighted by atomic mass is 9.49. The van der Waals surface area contributed by atoms with Crippen LogP contribution in [0.3, 0.4) is 0 Å². The van der Waals surface area contributed by atoms with Gasteiger partial charge in [0.25, 0.3) is 0 Å². The minimum Gasteiger partial charge on any atom is -0.493 e. The molecule has 23 heavy (non-hydrogen) atoms. The molecule has 4 atom stereocenters. The summed E-state index contributed by atoms with van der Waals surface area (Å²) in [5.74, 6) is -1.62. The Bertz CT molecular complexity index is 1040. The number of nitrogens with zero attached hydrogens (tertiary/aromatic N) is 1. The summed E-state index contributed by atoms with van der Waals surface area (Å²) in [5, 5.41) is 12.1. The molecule has 122 valence electrons. The number of methoxy groups -OCH3 is 1. The molecule has 1 spiro atoms. The van der Waals surface area contributed by atoms with Crippen LogP contribution in [0.5, 0.6) is 11.5 Å². The topological polar surface area (TPSA) is 59.0 Å². The van der Waals surface area contributed by atoms with Crippen molar-refractivity contribution < 1.29 is 31.7 Å². The molecular weight excluding hydrogens is 294 g/mol. The lowest BCUT2D eigenvalue weighted by Crippen LogP contribution is -2.76. The number of rotatable bonds is 1. The number of piperidine rings is 1. The number of likely N-dealkylation sites (N-methyl/N-ethyl adjacent to an activating group) is 1. The van der Waals surface area contributed by atoms with Gasteiger partial charge in [-0.15, -0.1) is 0 Å². The Morgan fingerprint density at radius 2 is 2.48 bits per heavy atom. The average molecular weight is 324 g/mol. The third-order valence-electron chi connectivity index (χ3n) is 5.87. The van der Waals surface area contributed by atoms with Crippen LogP contribution >= 0.6 is 0 Å². The van der Waals surface area contributed by atoms with Crippen LogP contribution in [0.1, 0.15) is 42.7 Å². The highest BCUT2D eigenvalue weighted by atomic mass is 16.5. The number of ketones is 1. The molecule has 2 aliphatic heterocycles. The number of aliphatic hydroxyl groups is 1. The van der Waals surface area contributed by atoms with Gasteiger partial charge in [0, 0.05) is 24.8 Å². The number of Topliss-reactive ketones (excluding diaryl/α,β-unsaturated/α-hetero) is 1. The zero-order valence-electron chi connectivity index (χ0n) is 21.2. The van der Waals surface area contributed by atoms with E-state index in [4.69, 9.17) is 21.8 Å². The monoisotopic (exact) mass is 324 g/mol. The molecule has 2 bridgehead atoms. The zero-order chi connectivity index (χ0) is 23.7. The van der Waals surface area contributed by atoms with E-state index < -0.39 is 55.7 Å². The standard InChI is InChI=1S/C18H21NO4/c1-19-8-7-17-14-10-3-4-12(22-2)15(14)23-16(17)11(20)5-6-18(17,21)13(19)9-10/h3-4,13,16,21H,5-9H2,1-2H3/t13-,16?,17+,18-/m1/s1/i1D3,2D3,5D2,16D. The third kappa shape index (κ3) is 1.32. The number of hydrogen-bond donors (Lipinski definition) is 1. The zero-order valence-corrected chi connectivity index (χ0v) is 12.2. The minimum absolute atomic E-state index is 0.00324. The number of carbonyl (C=O) groups excluding carboxylic acids is 1. The summed E-state index contributed by atoms with van der Waals surface area (Å²) in [7, 11) is -2.86. The van der Waals surface area contributed by atoms with Gasteiger partial charge in [-0.25, -0.2) is 0 Å². The molecule has 5 heteroatoms. The van der Waals surface area contributed by atoms with E-state index in [9.17, 15) is 9.90 Å². The fraction of sp³-hybridized carbons (Fsp3) is 0.611. The summed E-state index contributed by atoms with van der Waals surface area (Å²) in [5.41, 5.74) is -3.16. The Morgan fingerprint density at radius 1 is 1.57 bits per heavy atom. The number of carbonyl (C=O) groups is 1. The van der Waals surface area contributed by atoms with Gasteiger partial charge < -0.3 is 19.5 Å². The largest absolute Gasteiger partial charge is 0.493 e. The highest BCUT2D eigenvalue weighted by Crippen LogP contribution is 2.64. The molecule has 5 nitrogen and oxygen atoms in total. The Balaban J connectivity index is 1.82. The summed E-state index contributed by atoms with van der Waals surface area (Å²) in [4.78, 5) is 14.4.